The molecule has 0 saturated carbocycles. The zero-order chi connectivity index (χ0) is 16.5. The molecule has 126 valence electrons. The molecule has 0 aromatic heterocycles. The third-order valence-corrected chi connectivity index (χ3v) is 3.13. The third kappa shape index (κ3) is 10.5. The van der Waals surface area contributed by atoms with Gasteiger partial charge in [0.15, 0.2) is 0 Å². The van der Waals surface area contributed by atoms with Crippen LogP contribution in [0.2, 0.25) is 0 Å². The number of methoxy groups -OCH3 is 1. The van der Waals surface area contributed by atoms with Gasteiger partial charge in [0.2, 0.25) is 0 Å². The summed E-state index contributed by atoms with van der Waals surface area (Å²) in [6.07, 6.45) is 1.70. The average Bonchev–Trinajstić information content (AvgIpc) is 2.33. The standard InChI is InChI=1S/C16H34N2O3/c1-8-9-13(18-14(11-20-7)12(2)3)10-17-15(19)21-16(4,5)6/h12-14,18H,8-11H2,1-7H3,(H,17,19). The van der Waals surface area contributed by atoms with Crippen molar-refractivity contribution in [1.29, 1.82) is 0 Å². The molecule has 0 aliphatic carbocycles. The highest BCUT2D eigenvalue weighted by Gasteiger charge is 2.20. The van der Waals surface area contributed by atoms with Crippen LogP contribution in [0.4, 0.5) is 4.79 Å². The van der Waals surface area contributed by atoms with Crippen LogP contribution in [0.3, 0.4) is 0 Å². The summed E-state index contributed by atoms with van der Waals surface area (Å²) in [6, 6.07) is 0.511. The van der Waals surface area contributed by atoms with Crippen molar-refractivity contribution < 1.29 is 14.3 Å². The molecule has 2 N–H and O–H groups in total. The molecule has 21 heavy (non-hydrogen) atoms. The Bertz CT molecular complexity index is 288. The number of ether oxygens (including phenoxy) is 2. The fourth-order valence-corrected chi connectivity index (χ4v) is 2.03. The summed E-state index contributed by atoms with van der Waals surface area (Å²) in [5, 5.41) is 6.42. The van der Waals surface area contributed by atoms with Crippen molar-refractivity contribution in [2.75, 3.05) is 20.3 Å². The van der Waals surface area contributed by atoms with Crippen LogP contribution in [0.5, 0.6) is 0 Å². The maximum atomic E-state index is 11.7. The molecule has 0 spiro atoms. The van der Waals surface area contributed by atoms with E-state index in [9.17, 15) is 4.79 Å². The first kappa shape index (κ1) is 20.2. The van der Waals surface area contributed by atoms with E-state index in [1.807, 2.05) is 20.8 Å². The van der Waals surface area contributed by atoms with Gasteiger partial charge in [-0.15, -0.1) is 0 Å². The first-order valence-corrected chi connectivity index (χ1v) is 7.91. The topological polar surface area (TPSA) is 59.6 Å². The minimum atomic E-state index is -0.464. The Kier molecular flexibility index (Phi) is 9.62. The van der Waals surface area contributed by atoms with E-state index >= 15 is 0 Å². The van der Waals surface area contributed by atoms with Crippen LogP contribution in [0, 0.1) is 5.92 Å². The van der Waals surface area contributed by atoms with E-state index in [1.54, 1.807) is 7.11 Å². The number of alkyl carbamates (subject to hydrolysis) is 1. The van der Waals surface area contributed by atoms with Crippen LogP contribution >= 0.6 is 0 Å². The van der Waals surface area contributed by atoms with Crippen molar-refractivity contribution in [3.8, 4) is 0 Å². The van der Waals surface area contributed by atoms with Crippen LogP contribution in [0.15, 0.2) is 0 Å². The van der Waals surface area contributed by atoms with Crippen molar-refractivity contribution in [3.63, 3.8) is 0 Å². The molecule has 0 rings (SSSR count). The Morgan fingerprint density at radius 2 is 1.86 bits per heavy atom. The smallest absolute Gasteiger partial charge is 0.407 e. The summed E-state index contributed by atoms with van der Waals surface area (Å²) >= 11 is 0. The van der Waals surface area contributed by atoms with Gasteiger partial charge in [-0.25, -0.2) is 4.79 Å². The molecule has 2 atom stereocenters. The Hall–Kier alpha value is -0.810. The van der Waals surface area contributed by atoms with Gasteiger partial charge < -0.3 is 20.1 Å². The number of hydrogen-bond donors (Lipinski definition) is 2. The monoisotopic (exact) mass is 302 g/mol. The second-order valence-electron chi connectivity index (χ2n) is 6.84. The fourth-order valence-electron chi connectivity index (χ4n) is 2.03. The maximum absolute atomic E-state index is 11.7. The van der Waals surface area contributed by atoms with E-state index in [2.05, 4.69) is 31.4 Å². The van der Waals surface area contributed by atoms with Crippen LogP contribution in [-0.4, -0.2) is 44.0 Å². The Morgan fingerprint density at radius 3 is 2.29 bits per heavy atom. The number of carbonyl (C=O) groups excluding carboxylic acids is 1. The third-order valence-electron chi connectivity index (χ3n) is 3.13. The molecule has 5 heteroatoms. The molecule has 0 fully saturated rings. The normalized spacial score (nSPS) is 14.9. The lowest BCUT2D eigenvalue weighted by Crippen LogP contribution is -2.49. The van der Waals surface area contributed by atoms with Gasteiger partial charge >= 0.3 is 6.09 Å². The summed E-state index contributed by atoms with van der Waals surface area (Å²) in [6.45, 7) is 13.3. The van der Waals surface area contributed by atoms with E-state index in [-0.39, 0.29) is 18.2 Å². The number of amides is 1. The largest absolute Gasteiger partial charge is 0.444 e. The summed E-state index contributed by atoms with van der Waals surface area (Å²) < 4.78 is 10.5. The van der Waals surface area contributed by atoms with Gasteiger partial charge in [0.25, 0.3) is 0 Å². The molecule has 0 aliphatic rings. The van der Waals surface area contributed by atoms with Crippen molar-refractivity contribution >= 4 is 6.09 Å². The first-order valence-electron chi connectivity index (χ1n) is 7.91. The second kappa shape index (κ2) is 10.0. The van der Waals surface area contributed by atoms with Crippen LogP contribution in [-0.2, 0) is 9.47 Å². The molecule has 0 saturated heterocycles. The number of carbonyl (C=O) groups is 1. The quantitative estimate of drug-likeness (QED) is 0.687. The second-order valence-corrected chi connectivity index (χ2v) is 6.84. The van der Waals surface area contributed by atoms with E-state index in [0.29, 0.717) is 19.1 Å². The minimum Gasteiger partial charge on any atom is -0.444 e. The van der Waals surface area contributed by atoms with Gasteiger partial charge in [-0.1, -0.05) is 27.2 Å². The zero-order valence-corrected chi connectivity index (χ0v) is 14.8. The Labute approximate surface area is 130 Å². The Balaban J connectivity index is 4.37. The molecule has 0 radical (unpaired) electrons. The van der Waals surface area contributed by atoms with Crippen LogP contribution < -0.4 is 10.6 Å². The number of rotatable bonds is 9. The lowest BCUT2D eigenvalue weighted by atomic mass is 10.0. The van der Waals surface area contributed by atoms with Gasteiger partial charge in [0.05, 0.1) is 6.61 Å². The molecule has 0 heterocycles. The molecule has 0 aromatic carbocycles. The zero-order valence-electron chi connectivity index (χ0n) is 14.8. The summed E-state index contributed by atoms with van der Waals surface area (Å²) in [7, 11) is 1.71. The molecule has 0 aromatic rings. The van der Waals surface area contributed by atoms with Crippen molar-refractivity contribution in [2.45, 2.75) is 72.1 Å². The SMILES string of the molecule is CCCC(CNC(=O)OC(C)(C)C)NC(COC)C(C)C. The molecule has 1 amide bonds. The molecule has 0 aliphatic heterocycles. The molecule has 2 unspecified atom stereocenters. The van der Waals surface area contributed by atoms with Gasteiger partial charge in [0, 0.05) is 25.7 Å². The fraction of sp³-hybridized carbons (Fsp3) is 0.938. The average molecular weight is 302 g/mol. The maximum Gasteiger partial charge on any atom is 0.407 e. The van der Waals surface area contributed by atoms with E-state index in [0.717, 1.165) is 12.8 Å². The summed E-state index contributed by atoms with van der Waals surface area (Å²) in [5.74, 6) is 0.478. The first-order chi connectivity index (χ1) is 9.69. The van der Waals surface area contributed by atoms with Gasteiger partial charge in [-0.05, 0) is 33.1 Å². The van der Waals surface area contributed by atoms with Crippen LogP contribution in [0.25, 0.3) is 0 Å². The molecule has 0 bridgehead atoms. The number of nitrogens with one attached hydrogen (secondary N) is 2. The lowest BCUT2D eigenvalue weighted by molar-refractivity contribution is 0.0518. The van der Waals surface area contributed by atoms with Gasteiger partial charge in [-0.3, -0.25) is 0 Å². The van der Waals surface area contributed by atoms with E-state index in [1.165, 1.54) is 0 Å². The van der Waals surface area contributed by atoms with Crippen molar-refractivity contribution in [1.82, 2.24) is 10.6 Å². The van der Waals surface area contributed by atoms with Gasteiger partial charge in [-0.2, -0.15) is 0 Å². The molecular formula is C16H34N2O3. The number of hydrogen-bond acceptors (Lipinski definition) is 4. The highest BCUT2D eigenvalue weighted by atomic mass is 16.6. The minimum absolute atomic E-state index is 0.227. The van der Waals surface area contributed by atoms with Gasteiger partial charge in [0.1, 0.15) is 5.60 Å². The highest BCUT2D eigenvalue weighted by Crippen LogP contribution is 2.08. The summed E-state index contributed by atoms with van der Waals surface area (Å²) in [5.41, 5.74) is -0.464. The van der Waals surface area contributed by atoms with Crippen molar-refractivity contribution in [2.24, 2.45) is 5.92 Å². The summed E-state index contributed by atoms with van der Waals surface area (Å²) in [4.78, 5) is 11.7. The predicted molar refractivity (Wildman–Crippen MR) is 86.6 cm³/mol. The molecule has 5 nitrogen and oxygen atoms in total. The Morgan fingerprint density at radius 1 is 1.24 bits per heavy atom. The lowest BCUT2D eigenvalue weighted by Gasteiger charge is -2.28. The van der Waals surface area contributed by atoms with E-state index in [4.69, 9.17) is 9.47 Å². The predicted octanol–water partition coefficient (Wildman–Crippen LogP) is 2.94. The van der Waals surface area contributed by atoms with Crippen LogP contribution in [0.1, 0.15) is 54.4 Å². The van der Waals surface area contributed by atoms with Crippen molar-refractivity contribution in [3.05, 3.63) is 0 Å². The highest BCUT2D eigenvalue weighted by molar-refractivity contribution is 5.67. The molecular weight excluding hydrogens is 268 g/mol. The van der Waals surface area contributed by atoms with E-state index < -0.39 is 5.60 Å².